The molecular weight excluding hydrogens is 252 g/mol. The van der Waals surface area contributed by atoms with Crippen molar-refractivity contribution < 1.29 is 0 Å². The van der Waals surface area contributed by atoms with Gasteiger partial charge in [-0.05, 0) is 41.4 Å². The van der Waals surface area contributed by atoms with Crippen molar-refractivity contribution in [2.75, 3.05) is 0 Å². The molecule has 0 bridgehead atoms. The number of hydrogen-bond acceptors (Lipinski definition) is 2. The molecule has 15 heavy (non-hydrogen) atoms. The van der Waals surface area contributed by atoms with Crippen LogP contribution in [-0.2, 0) is 6.42 Å². The van der Waals surface area contributed by atoms with E-state index in [0.29, 0.717) is 0 Å². The first-order valence-corrected chi connectivity index (χ1v) is 5.93. The number of fused-ring (bicyclic) bond motifs is 1. The predicted octanol–water partition coefficient (Wildman–Crippen LogP) is 3.65. The van der Waals surface area contributed by atoms with E-state index in [1.165, 1.54) is 5.56 Å². The molecule has 0 aliphatic heterocycles. The maximum absolute atomic E-state index is 4.53. The number of hydrogen-bond donors (Lipinski definition) is 0. The Hall–Kier alpha value is -0.960. The second-order valence-corrected chi connectivity index (χ2v) is 4.45. The van der Waals surface area contributed by atoms with Crippen molar-refractivity contribution in [3.05, 3.63) is 34.2 Å². The van der Waals surface area contributed by atoms with E-state index in [-0.39, 0.29) is 0 Å². The summed E-state index contributed by atoms with van der Waals surface area (Å²) >= 11 is 3.50. The van der Waals surface area contributed by atoms with E-state index in [4.69, 9.17) is 0 Å². The lowest BCUT2D eigenvalue weighted by atomic mass is 10.2. The summed E-state index contributed by atoms with van der Waals surface area (Å²) in [5, 5.41) is 1.09. The van der Waals surface area contributed by atoms with Crippen molar-refractivity contribution in [3.63, 3.8) is 0 Å². The fourth-order valence-electron chi connectivity index (χ4n) is 1.59. The summed E-state index contributed by atoms with van der Waals surface area (Å²) < 4.78 is 0.902. The van der Waals surface area contributed by atoms with E-state index in [1.807, 2.05) is 0 Å². The first-order valence-electron chi connectivity index (χ1n) is 5.13. The van der Waals surface area contributed by atoms with Crippen molar-refractivity contribution in [2.24, 2.45) is 0 Å². The maximum Gasteiger partial charge on any atom is 0.130 e. The van der Waals surface area contributed by atoms with Crippen LogP contribution in [0.2, 0.25) is 0 Å². The molecular formula is C12H13BrN2. The molecule has 2 aromatic rings. The van der Waals surface area contributed by atoms with Crippen LogP contribution in [0.25, 0.3) is 10.9 Å². The fraction of sp³-hybridized carbons (Fsp3) is 0.333. The minimum Gasteiger partial charge on any atom is -0.233 e. The van der Waals surface area contributed by atoms with Crippen LogP contribution < -0.4 is 0 Å². The van der Waals surface area contributed by atoms with Gasteiger partial charge in [0.05, 0.1) is 5.52 Å². The Kier molecular flexibility index (Phi) is 3.00. The van der Waals surface area contributed by atoms with Gasteiger partial charge in [0.15, 0.2) is 0 Å². The topological polar surface area (TPSA) is 25.8 Å². The van der Waals surface area contributed by atoms with Gasteiger partial charge in [-0.1, -0.05) is 18.6 Å². The van der Waals surface area contributed by atoms with Crippen molar-refractivity contribution in [1.29, 1.82) is 0 Å². The number of nitrogens with zero attached hydrogens (tertiary/aromatic N) is 2. The zero-order valence-corrected chi connectivity index (χ0v) is 10.5. The number of rotatable bonds is 2. The molecule has 0 fully saturated rings. The van der Waals surface area contributed by atoms with Crippen LogP contribution in [0.4, 0.5) is 0 Å². The first-order chi connectivity index (χ1) is 7.20. The van der Waals surface area contributed by atoms with Crippen LogP contribution in [-0.4, -0.2) is 9.97 Å². The SMILES string of the molecule is CCCc1nc(Br)c2cc(C)ccc2n1. The highest BCUT2D eigenvalue weighted by Crippen LogP contribution is 2.22. The van der Waals surface area contributed by atoms with Crippen molar-refractivity contribution >= 4 is 26.8 Å². The fourth-order valence-corrected chi connectivity index (χ4v) is 2.11. The maximum atomic E-state index is 4.53. The molecule has 0 radical (unpaired) electrons. The Morgan fingerprint density at radius 3 is 2.80 bits per heavy atom. The zero-order valence-electron chi connectivity index (χ0n) is 8.92. The molecule has 0 amide bonds. The Bertz CT molecular complexity index is 494. The summed E-state index contributed by atoms with van der Waals surface area (Å²) in [4.78, 5) is 8.96. The number of benzene rings is 1. The lowest BCUT2D eigenvalue weighted by Gasteiger charge is -2.04. The van der Waals surface area contributed by atoms with Crippen LogP contribution in [0.1, 0.15) is 24.7 Å². The molecule has 0 saturated carbocycles. The second-order valence-electron chi connectivity index (χ2n) is 3.70. The average molecular weight is 265 g/mol. The van der Waals surface area contributed by atoms with E-state index in [0.717, 1.165) is 34.2 Å². The first kappa shape index (κ1) is 10.6. The summed E-state index contributed by atoms with van der Waals surface area (Å²) in [5.41, 5.74) is 2.25. The third kappa shape index (κ3) is 2.17. The summed E-state index contributed by atoms with van der Waals surface area (Å²) in [6.45, 7) is 4.21. The van der Waals surface area contributed by atoms with Crippen molar-refractivity contribution in [3.8, 4) is 0 Å². The van der Waals surface area contributed by atoms with Gasteiger partial charge in [0, 0.05) is 11.8 Å². The third-order valence-electron chi connectivity index (χ3n) is 2.32. The Morgan fingerprint density at radius 2 is 2.07 bits per heavy atom. The van der Waals surface area contributed by atoms with Gasteiger partial charge in [-0.2, -0.15) is 0 Å². The largest absolute Gasteiger partial charge is 0.233 e. The van der Waals surface area contributed by atoms with Crippen LogP contribution in [0, 0.1) is 6.92 Å². The van der Waals surface area contributed by atoms with Gasteiger partial charge in [-0.15, -0.1) is 0 Å². The summed E-state index contributed by atoms with van der Waals surface area (Å²) in [7, 11) is 0. The minimum absolute atomic E-state index is 0.902. The number of halogens is 1. The lowest BCUT2D eigenvalue weighted by molar-refractivity contribution is 0.840. The normalized spacial score (nSPS) is 10.9. The molecule has 3 heteroatoms. The Labute approximate surface area is 97.9 Å². The molecule has 2 nitrogen and oxygen atoms in total. The molecule has 0 aliphatic rings. The zero-order chi connectivity index (χ0) is 10.8. The highest BCUT2D eigenvalue weighted by molar-refractivity contribution is 9.10. The average Bonchev–Trinajstić information content (AvgIpc) is 2.20. The van der Waals surface area contributed by atoms with E-state index in [1.54, 1.807) is 0 Å². The molecule has 78 valence electrons. The quantitative estimate of drug-likeness (QED) is 0.774. The number of aryl methyl sites for hydroxylation is 2. The van der Waals surface area contributed by atoms with Gasteiger partial charge in [-0.3, -0.25) is 0 Å². The van der Waals surface area contributed by atoms with Gasteiger partial charge in [0.25, 0.3) is 0 Å². The molecule has 0 spiro atoms. The monoisotopic (exact) mass is 264 g/mol. The van der Waals surface area contributed by atoms with E-state index >= 15 is 0 Å². The molecule has 0 unspecified atom stereocenters. The van der Waals surface area contributed by atoms with Gasteiger partial charge in [0.1, 0.15) is 10.4 Å². The molecule has 0 aliphatic carbocycles. The molecule has 0 atom stereocenters. The van der Waals surface area contributed by atoms with Crippen LogP contribution in [0.5, 0.6) is 0 Å². The molecule has 0 saturated heterocycles. The third-order valence-corrected chi connectivity index (χ3v) is 2.93. The highest BCUT2D eigenvalue weighted by atomic mass is 79.9. The molecule has 1 heterocycles. The predicted molar refractivity (Wildman–Crippen MR) is 66.0 cm³/mol. The lowest BCUT2D eigenvalue weighted by Crippen LogP contribution is -1.96. The van der Waals surface area contributed by atoms with Gasteiger partial charge in [0.2, 0.25) is 0 Å². The number of aromatic nitrogens is 2. The Balaban J connectivity index is 2.62. The highest BCUT2D eigenvalue weighted by Gasteiger charge is 2.04. The summed E-state index contributed by atoms with van der Waals surface area (Å²) in [5.74, 6) is 0.917. The van der Waals surface area contributed by atoms with E-state index in [2.05, 4.69) is 57.9 Å². The van der Waals surface area contributed by atoms with Crippen LogP contribution in [0.3, 0.4) is 0 Å². The summed E-state index contributed by atoms with van der Waals surface area (Å²) in [6.07, 6.45) is 2.01. The van der Waals surface area contributed by atoms with Gasteiger partial charge >= 0.3 is 0 Å². The van der Waals surface area contributed by atoms with Crippen molar-refractivity contribution in [1.82, 2.24) is 9.97 Å². The summed E-state index contributed by atoms with van der Waals surface area (Å²) in [6, 6.07) is 6.24. The standard InChI is InChI=1S/C12H13BrN2/c1-3-4-11-14-10-6-5-8(2)7-9(10)12(13)15-11/h5-7H,3-4H2,1-2H3. The van der Waals surface area contributed by atoms with Crippen LogP contribution >= 0.6 is 15.9 Å². The smallest absolute Gasteiger partial charge is 0.130 e. The molecule has 0 N–H and O–H groups in total. The van der Waals surface area contributed by atoms with E-state index in [9.17, 15) is 0 Å². The van der Waals surface area contributed by atoms with Crippen LogP contribution in [0.15, 0.2) is 22.8 Å². The van der Waals surface area contributed by atoms with Crippen molar-refractivity contribution in [2.45, 2.75) is 26.7 Å². The minimum atomic E-state index is 0.902. The second kappa shape index (κ2) is 4.27. The van der Waals surface area contributed by atoms with Gasteiger partial charge in [-0.25, -0.2) is 9.97 Å². The molecule has 1 aromatic carbocycles. The molecule has 1 aromatic heterocycles. The van der Waals surface area contributed by atoms with Gasteiger partial charge < -0.3 is 0 Å². The van der Waals surface area contributed by atoms with E-state index < -0.39 is 0 Å². The Morgan fingerprint density at radius 1 is 1.27 bits per heavy atom. The molecule has 2 rings (SSSR count).